The molecule has 0 unspecified atom stereocenters. The lowest BCUT2D eigenvalue weighted by atomic mass is 10.1. The minimum atomic E-state index is -0.118. The molecule has 0 aliphatic heterocycles. The maximum absolute atomic E-state index is 12.0. The lowest BCUT2D eigenvalue weighted by Crippen LogP contribution is -2.40. The predicted molar refractivity (Wildman–Crippen MR) is 95.4 cm³/mol. The van der Waals surface area contributed by atoms with Gasteiger partial charge in [0, 0.05) is 24.2 Å². The van der Waals surface area contributed by atoms with E-state index in [1.807, 2.05) is 61.6 Å². The summed E-state index contributed by atoms with van der Waals surface area (Å²) in [6.45, 7) is 0. The van der Waals surface area contributed by atoms with Gasteiger partial charge in [0.2, 0.25) is 5.91 Å². The number of carbonyl (C=O) groups excluding carboxylic acids is 1. The molecule has 0 aliphatic rings. The topological polar surface area (TPSA) is 32.3 Å². The highest BCUT2D eigenvalue weighted by atomic mass is 35.5. The van der Waals surface area contributed by atoms with Crippen LogP contribution in [0.25, 0.3) is 0 Å². The van der Waals surface area contributed by atoms with Crippen molar-refractivity contribution < 1.29 is 4.79 Å². The smallest absolute Gasteiger partial charge is 0.226 e. The fraction of sp³-hybridized carbons (Fsp3) is 0.176. The van der Waals surface area contributed by atoms with Gasteiger partial charge in [-0.15, -0.1) is 0 Å². The summed E-state index contributed by atoms with van der Waals surface area (Å²) in [6.07, 6.45) is 0.926. The number of carbonyl (C=O) groups is 1. The number of nitrogens with zero attached hydrogens (tertiary/aromatic N) is 1. The summed E-state index contributed by atoms with van der Waals surface area (Å²) < 4.78 is 0. The Morgan fingerprint density at radius 1 is 1.14 bits per heavy atom. The predicted octanol–water partition coefficient (Wildman–Crippen LogP) is 3.81. The summed E-state index contributed by atoms with van der Waals surface area (Å²) in [4.78, 5) is 13.8. The van der Waals surface area contributed by atoms with E-state index in [9.17, 15) is 4.79 Å². The van der Waals surface area contributed by atoms with Crippen molar-refractivity contribution in [1.82, 2.24) is 5.32 Å². The second-order valence-corrected chi connectivity index (χ2v) is 5.63. The van der Waals surface area contributed by atoms with Gasteiger partial charge in [0.1, 0.15) is 0 Å². The van der Waals surface area contributed by atoms with E-state index in [2.05, 4.69) is 5.32 Å². The van der Waals surface area contributed by atoms with Crippen molar-refractivity contribution >= 4 is 40.5 Å². The number of thiocarbonyl (C=S) groups is 1. The lowest BCUT2D eigenvalue weighted by Gasteiger charge is -2.20. The summed E-state index contributed by atoms with van der Waals surface area (Å²) in [5.74, 6) is -0.118. The first kappa shape index (κ1) is 16.5. The zero-order valence-electron chi connectivity index (χ0n) is 12.3. The summed E-state index contributed by atoms with van der Waals surface area (Å²) in [5.41, 5.74) is 1.89. The van der Waals surface area contributed by atoms with Crippen molar-refractivity contribution in [2.45, 2.75) is 12.8 Å². The molecule has 0 aromatic heterocycles. The molecule has 2 rings (SSSR count). The number of hydrogen-bond donors (Lipinski definition) is 1. The molecule has 2 aromatic carbocycles. The zero-order valence-corrected chi connectivity index (χ0v) is 13.8. The Kier molecular flexibility index (Phi) is 5.92. The SMILES string of the molecule is CN(C(=S)NC(=O)CCc1ccccc1Cl)c1ccccc1. The van der Waals surface area contributed by atoms with Gasteiger partial charge in [0.15, 0.2) is 5.11 Å². The molecule has 114 valence electrons. The molecule has 2 aromatic rings. The third-order valence-electron chi connectivity index (χ3n) is 3.27. The molecule has 0 fully saturated rings. The quantitative estimate of drug-likeness (QED) is 0.864. The molecule has 0 atom stereocenters. The number of amides is 1. The second-order valence-electron chi connectivity index (χ2n) is 4.84. The van der Waals surface area contributed by atoms with E-state index in [0.29, 0.717) is 23.0 Å². The van der Waals surface area contributed by atoms with Crippen LogP contribution in [-0.4, -0.2) is 18.1 Å². The Balaban J connectivity index is 1.87. The first-order valence-electron chi connectivity index (χ1n) is 6.94. The van der Waals surface area contributed by atoms with Gasteiger partial charge in [-0.3, -0.25) is 4.79 Å². The van der Waals surface area contributed by atoms with Crippen molar-refractivity contribution in [3.8, 4) is 0 Å². The van der Waals surface area contributed by atoms with Crippen LogP contribution in [0.2, 0.25) is 5.02 Å². The number of halogens is 1. The molecule has 0 heterocycles. The summed E-state index contributed by atoms with van der Waals surface area (Å²) >= 11 is 11.3. The molecular weight excluding hydrogens is 316 g/mol. The van der Waals surface area contributed by atoms with Crippen LogP contribution < -0.4 is 10.2 Å². The summed E-state index contributed by atoms with van der Waals surface area (Å²) in [7, 11) is 1.83. The third kappa shape index (κ3) is 4.55. The van der Waals surface area contributed by atoms with E-state index in [1.54, 1.807) is 4.90 Å². The normalized spacial score (nSPS) is 10.1. The third-order valence-corrected chi connectivity index (χ3v) is 4.02. The van der Waals surface area contributed by atoms with E-state index in [4.69, 9.17) is 23.8 Å². The maximum atomic E-state index is 12.0. The molecule has 0 radical (unpaired) electrons. The minimum absolute atomic E-state index is 0.118. The summed E-state index contributed by atoms with van der Waals surface area (Å²) in [6, 6.07) is 17.2. The van der Waals surface area contributed by atoms with Gasteiger partial charge in [-0.1, -0.05) is 48.0 Å². The molecule has 1 amide bonds. The Morgan fingerprint density at radius 3 is 2.45 bits per heavy atom. The minimum Gasteiger partial charge on any atom is -0.322 e. The van der Waals surface area contributed by atoms with E-state index in [0.717, 1.165) is 11.3 Å². The Morgan fingerprint density at radius 2 is 1.77 bits per heavy atom. The van der Waals surface area contributed by atoms with Gasteiger partial charge in [0.25, 0.3) is 0 Å². The molecule has 1 N–H and O–H groups in total. The number of hydrogen-bond acceptors (Lipinski definition) is 2. The molecule has 3 nitrogen and oxygen atoms in total. The van der Waals surface area contributed by atoms with Crippen LogP contribution in [0.3, 0.4) is 0 Å². The fourth-order valence-electron chi connectivity index (χ4n) is 1.98. The van der Waals surface area contributed by atoms with E-state index in [1.165, 1.54) is 0 Å². The van der Waals surface area contributed by atoms with Gasteiger partial charge < -0.3 is 10.2 Å². The zero-order chi connectivity index (χ0) is 15.9. The van der Waals surface area contributed by atoms with Gasteiger partial charge in [-0.05, 0) is 42.4 Å². The van der Waals surface area contributed by atoms with E-state index < -0.39 is 0 Å². The number of benzene rings is 2. The highest BCUT2D eigenvalue weighted by Gasteiger charge is 2.11. The van der Waals surface area contributed by atoms with Crippen LogP contribution in [0.15, 0.2) is 54.6 Å². The largest absolute Gasteiger partial charge is 0.322 e. The van der Waals surface area contributed by atoms with Crippen LogP contribution >= 0.6 is 23.8 Å². The fourth-order valence-corrected chi connectivity index (χ4v) is 2.43. The molecule has 0 aliphatic carbocycles. The molecule has 0 bridgehead atoms. The van der Waals surface area contributed by atoms with Gasteiger partial charge in [-0.25, -0.2) is 0 Å². The number of rotatable bonds is 4. The van der Waals surface area contributed by atoms with Crippen molar-refractivity contribution in [2.24, 2.45) is 0 Å². The molecule has 22 heavy (non-hydrogen) atoms. The molecule has 5 heteroatoms. The van der Waals surface area contributed by atoms with Crippen molar-refractivity contribution in [1.29, 1.82) is 0 Å². The van der Waals surface area contributed by atoms with Crippen LogP contribution in [0.1, 0.15) is 12.0 Å². The molecule has 0 saturated heterocycles. The van der Waals surface area contributed by atoms with Gasteiger partial charge in [0.05, 0.1) is 0 Å². The Labute approximate surface area is 140 Å². The van der Waals surface area contributed by atoms with E-state index in [-0.39, 0.29) is 5.91 Å². The van der Waals surface area contributed by atoms with Crippen molar-refractivity contribution in [3.05, 3.63) is 65.2 Å². The number of aryl methyl sites for hydroxylation is 1. The number of nitrogens with one attached hydrogen (secondary N) is 1. The Hall–Kier alpha value is -1.91. The standard InChI is InChI=1S/C17H17ClN2OS/c1-20(14-8-3-2-4-9-14)17(22)19-16(21)12-11-13-7-5-6-10-15(13)18/h2-10H,11-12H2,1H3,(H,19,21,22). The molecule has 0 spiro atoms. The van der Waals surface area contributed by atoms with Crippen molar-refractivity contribution in [2.75, 3.05) is 11.9 Å². The van der Waals surface area contributed by atoms with Crippen LogP contribution in [0, 0.1) is 0 Å². The van der Waals surface area contributed by atoms with E-state index >= 15 is 0 Å². The first-order chi connectivity index (χ1) is 10.6. The highest BCUT2D eigenvalue weighted by Crippen LogP contribution is 2.16. The van der Waals surface area contributed by atoms with Crippen molar-refractivity contribution in [3.63, 3.8) is 0 Å². The number of anilines is 1. The Bertz CT molecular complexity index is 661. The van der Waals surface area contributed by atoms with Gasteiger partial charge >= 0.3 is 0 Å². The van der Waals surface area contributed by atoms with Gasteiger partial charge in [-0.2, -0.15) is 0 Å². The average molecular weight is 333 g/mol. The van der Waals surface area contributed by atoms with Crippen LogP contribution in [-0.2, 0) is 11.2 Å². The second kappa shape index (κ2) is 7.92. The highest BCUT2D eigenvalue weighted by molar-refractivity contribution is 7.80. The first-order valence-corrected chi connectivity index (χ1v) is 7.72. The van der Waals surface area contributed by atoms with Crippen LogP contribution in [0.5, 0.6) is 0 Å². The maximum Gasteiger partial charge on any atom is 0.226 e. The molecule has 0 saturated carbocycles. The summed E-state index contributed by atoms with van der Waals surface area (Å²) in [5, 5.41) is 3.81. The van der Waals surface area contributed by atoms with Crippen LogP contribution in [0.4, 0.5) is 5.69 Å². The lowest BCUT2D eigenvalue weighted by molar-refractivity contribution is -0.119. The molecular formula is C17H17ClN2OS. The monoisotopic (exact) mass is 332 g/mol. The number of para-hydroxylation sites is 1. The average Bonchev–Trinajstić information content (AvgIpc) is 2.54.